The van der Waals surface area contributed by atoms with Gasteiger partial charge in [-0.3, -0.25) is 0 Å². The SMILES string of the molecule is CSc1c([O-])on[n+]1-c1ccc(F)cc1. The van der Waals surface area contributed by atoms with E-state index in [2.05, 4.69) is 9.79 Å². The molecule has 6 heteroatoms. The lowest BCUT2D eigenvalue weighted by Gasteiger charge is -1.93. The lowest BCUT2D eigenvalue weighted by molar-refractivity contribution is -0.705. The summed E-state index contributed by atoms with van der Waals surface area (Å²) in [6.07, 6.45) is 1.74. The Kier molecular flexibility index (Phi) is 2.59. The molecule has 1 aromatic carbocycles. The molecule has 0 aliphatic heterocycles. The molecular formula is C9H7FN2O2S. The quantitative estimate of drug-likeness (QED) is 0.563. The van der Waals surface area contributed by atoms with Gasteiger partial charge in [-0.05, 0) is 23.1 Å². The summed E-state index contributed by atoms with van der Waals surface area (Å²) in [5, 5.41) is 15.1. The molecule has 78 valence electrons. The highest BCUT2D eigenvalue weighted by Crippen LogP contribution is 2.20. The van der Waals surface area contributed by atoms with Crippen LogP contribution < -0.4 is 9.79 Å². The van der Waals surface area contributed by atoms with Crippen molar-refractivity contribution in [3.8, 4) is 11.6 Å². The van der Waals surface area contributed by atoms with Crippen LogP contribution in [0.2, 0.25) is 0 Å². The van der Waals surface area contributed by atoms with Crippen LogP contribution in [-0.4, -0.2) is 11.5 Å². The molecule has 0 bridgehead atoms. The Hall–Kier alpha value is -1.56. The Balaban J connectivity index is 2.49. The maximum atomic E-state index is 12.7. The second-order valence-corrected chi connectivity index (χ2v) is 3.55. The van der Waals surface area contributed by atoms with Crippen LogP contribution in [0, 0.1) is 5.82 Å². The molecule has 0 aliphatic carbocycles. The van der Waals surface area contributed by atoms with Crippen LogP contribution in [0.4, 0.5) is 4.39 Å². The molecule has 1 heterocycles. The van der Waals surface area contributed by atoms with Gasteiger partial charge in [-0.2, -0.15) is 0 Å². The summed E-state index contributed by atoms with van der Waals surface area (Å²) in [7, 11) is 0. The van der Waals surface area contributed by atoms with E-state index in [4.69, 9.17) is 0 Å². The molecule has 0 radical (unpaired) electrons. The first-order chi connectivity index (χ1) is 7.22. The van der Waals surface area contributed by atoms with Crippen molar-refractivity contribution in [2.45, 2.75) is 5.03 Å². The number of hydrogen-bond acceptors (Lipinski definition) is 4. The van der Waals surface area contributed by atoms with E-state index in [-0.39, 0.29) is 5.82 Å². The van der Waals surface area contributed by atoms with E-state index in [0.29, 0.717) is 10.7 Å². The second-order valence-electron chi connectivity index (χ2n) is 2.76. The van der Waals surface area contributed by atoms with Gasteiger partial charge < -0.3 is 9.63 Å². The Labute approximate surface area is 89.3 Å². The summed E-state index contributed by atoms with van der Waals surface area (Å²) < 4.78 is 18.5. The highest BCUT2D eigenvalue weighted by Gasteiger charge is 2.18. The first-order valence-corrected chi connectivity index (χ1v) is 5.34. The van der Waals surface area contributed by atoms with Gasteiger partial charge in [0.25, 0.3) is 5.03 Å². The highest BCUT2D eigenvalue weighted by molar-refractivity contribution is 7.98. The largest absolute Gasteiger partial charge is 0.538 e. The Morgan fingerprint density at radius 1 is 1.40 bits per heavy atom. The summed E-state index contributed by atoms with van der Waals surface area (Å²) >= 11 is 1.23. The zero-order valence-corrected chi connectivity index (χ0v) is 8.62. The van der Waals surface area contributed by atoms with Gasteiger partial charge in [0.1, 0.15) is 5.82 Å². The molecule has 0 spiro atoms. The molecule has 4 nitrogen and oxygen atoms in total. The van der Waals surface area contributed by atoms with Gasteiger partial charge in [0.2, 0.25) is 5.69 Å². The van der Waals surface area contributed by atoms with Gasteiger partial charge in [0, 0.05) is 12.1 Å². The minimum absolute atomic E-state index is 0.337. The number of hydrogen-bond donors (Lipinski definition) is 0. The molecule has 2 rings (SSSR count). The zero-order valence-electron chi connectivity index (χ0n) is 7.81. The molecule has 0 saturated heterocycles. The fourth-order valence-electron chi connectivity index (χ4n) is 1.16. The lowest BCUT2D eigenvalue weighted by Crippen LogP contribution is -2.34. The molecule has 0 amide bonds. The maximum Gasteiger partial charge on any atom is 0.297 e. The molecule has 0 saturated carbocycles. The third-order valence-corrected chi connectivity index (χ3v) is 2.56. The molecule has 0 N–H and O–H groups in total. The van der Waals surface area contributed by atoms with Crippen LogP contribution >= 0.6 is 11.8 Å². The van der Waals surface area contributed by atoms with Crippen LogP contribution in [0.5, 0.6) is 5.95 Å². The van der Waals surface area contributed by atoms with Crippen molar-refractivity contribution in [2.75, 3.05) is 6.26 Å². The van der Waals surface area contributed by atoms with Gasteiger partial charge >= 0.3 is 0 Å². The van der Waals surface area contributed by atoms with Crippen molar-refractivity contribution >= 4 is 11.8 Å². The topological polar surface area (TPSA) is 53.0 Å². The average Bonchev–Trinajstić information content (AvgIpc) is 2.61. The first-order valence-electron chi connectivity index (χ1n) is 4.11. The smallest absolute Gasteiger partial charge is 0.297 e. The van der Waals surface area contributed by atoms with Crippen LogP contribution in [0.3, 0.4) is 0 Å². The molecule has 15 heavy (non-hydrogen) atoms. The molecule has 1 aromatic heterocycles. The van der Waals surface area contributed by atoms with Crippen LogP contribution in [0.1, 0.15) is 0 Å². The fraction of sp³-hybridized carbons (Fsp3) is 0.111. The maximum absolute atomic E-state index is 12.7. The van der Waals surface area contributed by atoms with Crippen molar-refractivity contribution < 1.29 is 18.7 Å². The van der Waals surface area contributed by atoms with E-state index < -0.39 is 5.95 Å². The van der Waals surface area contributed by atoms with Gasteiger partial charge in [0.15, 0.2) is 5.95 Å². The number of halogens is 1. The highest BCUT2D eigenvalue weighted by atomic mass is 32.2. The Bertz CT molecular complexity index is 469. The summed E-state index contributed by atoms with van der Waals surface area (Å²) in [6.45, 7) is 0. The molecule has 0 unspecified atom stereocenters. The monoisotopic (exact) mass is 226 g/mol. The van der Waals surface area contributed by atoms with E-state index in [9.17, 15) is 9.50 Å². The fourth-order valence-corrected chi connectivity index (χ4v) is 1.67. The van der Waals surface area contributed by atoms with E-state index >= 15 is 0 Å². The summed E-state index contributed by atoms with van der Waals surface area (Å²) in [5.74, 6) is -0.831. The Morgan fingerprint density at radius 3 is 2.67 bits per heavy atom. The normalized spacial score (nSPS) is 10.5. The second kappa shape index (κ2) is 3.90. The van der Waals surface area contributed by atoms with E-state index in [1.165, 1.54) is 40.7 Å². The van der Waals surface area contributed by atoms with Gasteiger partial charge in [0.05, 0.1) is 5.27 Å². The molecular weight excluding hydrogens is 219 g/mol. The summed E-state index contributed by atoms with van der Waals surface area (Å²) in [6, 6.07) is 5.64. The van der Waals surface area contributed by atoms with Crippen molar-refractivity contribution in [3.05, 3.63) is 30.1 Å². The third-order valence-electron chi connectivity index (χ3n) is 1.84. The minimum atomic E-state index is -0.494. The summed E-state index contributed by atoms with van der Waals surface area (Å²) in [5.41, 5.74) is 0.589. The number of thioether (sulfide) groups is 1. The zero-order chi connectivity index (χ0) is 10.8. The Morgan fingerprint density at radius 2 is 2.07 bits per heavy atom. The molecule has 2 aromatic rings. The van der Waals surface area contributed by atoms with Gasteiger partial charge in [-0.15, -0.1) is 0 Å². The van der Waals surface area contributed by atoms with Crippen LogP contribution in [-0.2, 0) is 0 Å². The van der Waals surface area contributed by atoms with Crippen LogP contribution in [0.25, 0.3) is 5.69 Å². The lowest BCUT2D eigenvalue weighted by atomic mass is 10.3. The van der Waals surface area contributed by atoms with Gasteiger partial charge in [-0.25, -0.2) is 4.39 Å². The average molecular weight is 226 g/mol. The number of aromatic nitrogens is 2. The number of rotatable bonds is 2. The third kappa shape index (κ3) is 1.80. The molecule has 0 fully saturated rings. The molecule has 0 aliphatic rings. The van der Waals surface area contributed by atoms with Crippen molar-refractivity contribution in [3.63, 3.8) is 0 Å². The van der Waals surface area contributed by atoms with Crippen molar-refractivity contribution in [2.24, 2.45) is 0 Å². The predicted octanol–water partition coefficient (Wildman–Crippen LogP) is 0.886. The van der Waals surface area contributed by atoms with E-state index in [0.717, 1.165) is 0 Å². The molecule has 0 atom stereocenters. The van der Waals surface area contributed by atoms with Crippen molar-refractivity contribution in [1.29, 1.82) is 0 Å². The standard InChI is InChI=1S/C9H7FN2O2S/c1-15-8-9(13)14-11-12(8)7-4-2-6(10)3-5-7/h2-5H,1H3. The minimum Gasteiger partial charge on any atom is -0.538 e. The van der Waals surface area contributed by atoms with E-state index in [1.807, 2.05) is 0 Å². The predicted molar refractivity (Wildman–Crippen MR) is 49.2 cm³/mol. The number of nitrogens with zero attached hydrogens (tertiary/aromatic N) is 2. The van der Waals surface area contributed by atoms with Gasteiger partial charge in [-0.1, -0.05) is 11.8 Å². The van der Waals surface area contributed by atoms with E-state index in [1.54, 1.807) is 6.26 Å². The number of benzene rings is 1. The van der Waals surface area contributed by atoms with Crippen molar-refractivity contribution in [1.82, 2.24) is 5.27 Å². The first kappa shape index (κ1) is 9.97. The summed E-state index contributed by atoms with van der Waals surface area (Å²) in [4.78, 5) is 0. The van der Waals surface area contributed by atoms with Crippen LogP contribution in [0.15, 0.2) is 33.8 Å².